The smallest absolute Gasteiger partial charge is 0.271 e. The lowest BCUT2D eigenvalue weighted by atomic mass is 10.1. The number of carbonyl (C=O) groups is 1. The van der Waals surface area contributed by atoms with Crippen LogP contribution >= 0.6 is 0 Å². The first-order valence-corrected chi connectivity index (χ1v) is 11.7. The highest BCUT2D eigenvalue weighted by Gasteiger charge is 2.19. The van der Waals surface area contributed by atoms with Crippen molar-refractivity contribution >= 4 is 17.4 Å². The molecule has 0 unspecified atom stereocenters. The summed E-state index contributed by atoms with van der Waals surface area (Å²) >= 11 is 0. The summed E-state index contributed by atoms with van der Waals surface area (Å²) in [5.41, 5.74) is 14.6. The molecule has 4 heterocycles. The summed E-state index contributed by atoms with van der Waals surface area (Å²) in [5.74, 6) is 1.11. The summed E-state index contributed by atoms with van der Waals surface area (Å²) in [5, 5.41) is 11.0. The summed E-state index contributed by atoms with van der Waals surface area (Å²) in [7, 11) is 0. The van der Waals surface area contributed by atoms with Gasteiger partial charge >= 0.3 is 0 Å². The summed E-state index contributed by atoms with van der Waals surface area (Å²) in [6.45, 7) is 10.3. The van der Waals surface area contributed by atoms with Gasteiger partial charge in [-0.2, -0.15) is 5.10 Å². The van der Waals surface area contributed by atoms with E-state index in [1.807, 2.05) is 42.3 Å². The molecule has 0 bridgehead atoms. The second-order valence-electron chi connectivity index (χ2n) is 9.21. The minimum absolute atomic E-state index is 0.207. The Morgan fingerprint density at radius 1 is 1.14 bits per heavy atom. The van der Waals surface area contributed by atoms with Crippen molar-refractivity contribution in [2.75, 3.05) is 11.1 Å². The molecule has 1 amide bonds. The van der Waals surface area contributed by atoms with E-state index in [1.165, 1.54) is 5.56 Å². The van der Waals surface area contributed by atoms with Gasteiger partial charge < -0.3 is 20.9 Å². The monoisotopic (exact) mass is 470 g/mol. The number of rotatable bonds is 5. The molecule has 9 heteroatoms. The van der Waals surface area contributed by atoms with E-state index in [0.29, 0.717) is 31.1 Å². The third kappa shape index (κ3) is 4.62. The first kappa shape index (κ1) is 22.6. The maximum Gasteiger partial charge on any atom is 0.271 e. The van der Waals surface area contributed by atoms with Crippen molar-refractivity contribution in [1.29, 1.82) is 0 Å². The van der Waals surface area contributed by atoms with E-state index < -0.39 is 0 Å². The summed E-state index contributed by atoms with van der Waals surface area (Å²) < 4.78 is 4.06. The molecule has 1 aromatic carbocycles. The van der Waals surface area contributed by atoms with Crippen LogP contribution in [-0.2, 0) is 26.2 Å². The summed E-state index contributed by atoms with van der Waals surface area (Å²) in [6, 6.07) is 10.4. The molecule has 5 rings (SSSR count). The molecule has 0 saturated carbocycles. The van der Waals surface area contributed by atoms with Gasteiger partial charge in [-0.05, 0) is 68.1 Å². The van der Waals surface area contributed by atoms with Gasteiger partial charge in [0.1, 0.15) is 17.3 Å². The predicted molar refractivity (Wildman–Crippen MR) is 135 cm³/mol. The second-order valence-corrected chi connectivity index (χ2v) is 9.21. The number of nitrogen functional groups attached to an aromatic ring is 1. The van der Waals surface area contributed by atoms with Gasteiger partial charge in [-0.25, -0.2) is 9.97 Å². The molecular formula is C26H30N8O. The zero-order chi connectivity index (χ0) is 24.7. The van der Waals surface area contributed by atoms with Crippen LogP contribution < -0.4 is 16.4 Å². The topological polar surface area (TPSA) is 116 Å². The molecule has 0 saturated heterocycles. The third-order valence-electron chi connectivity index (χ3n) is 6.48. The van der Waals surface area contributed by atoms with Crippen molar-refractivity contribution in [2.24, 2.45) is 0 Å². The molecule has 0 spiro atoms. The van der Waals surface area contributed by atoms with Crippen LogP contribution in [-0.4, -0.2) is 30.2 Å². The van der Waals surface area contributed by atoms with Crippen molar-refractivity contribution in [2.45, 2.75) is 53.9 Å². The Hall–Kier alpha value is -4.14. The molecule has 0 fully saturated rings. The zero-order valence-corrected chi connectivity index (χ0v) is 20.5. The molecule has 35 heavy (non-hydrogen) atoms. The Labute approximate surface area is 204 Å². The number of amides is 1. The quantitative estimate of drug-likeness (QED) is 0.412. The van der Waals surface area contributed by atoms with E-state index in [4.69, 9.17) is 5.73 Å². The number of hydrogen-bond acceptors (Lipinski definition) is 6. The minimum Gasteiger partial charge on any atom is -0.384 e. The van der Waals surface area contributed by atoms with Gasteiger partial charge in [0, 0.05) is 29.8 Å². The number of carbonyl (C=O) groups excluding carboxylic acids is 1. The van der Waals surface area contributed by atoms with Crippen LogP contribution in [0.2, 0.25) is 0 Å². The standard InChI is InChI=1S/C26H30N8O/c1-15-7-24(27)30-18(4)21(15)10-29-26(35)23-14-33-13-20-6-5-19(9-22(20)28-11-25(33)31-23)12-34-17(3)8-16(2)32-34/h5-9,14,28H,10-13H2,1-4H3,(H2,27,30)(H,29,35). The molecule has 3 aromatic heterocycles. The van der Waals surface area contributed by atoms with Crippen molar-refractivity contribution < 1.29 is 4.79 Å². The fourth-order valence-electron chi connectivity index (χ4n) is 4.65. The number of pyridine rings is 1. The normalized spacial score (nSPS) is 12.5. The van der Waals surface area contributed by atoms with Gasteiger partial charge in [-0.3, -0.25) is 9.48 Å². The Kier molecular flexibility index (Phi) is 5.76. The lowest BCUT2D eigenvalue weighted by Crippen LogP contribution is -2.24. The summed E-state index contributed by atoms with van der Waals surface area (Å²) in [4.78, 5) is 21.8. The average molecular weight is 471 g/mol. The number of nitrogens with two attached hydrogens (primary N) is 1. The maximum absolute atomic E-state index is 12.8. The van der Waals surface area contributed by atoms with E-state index in [2.05, 4.69) is 56.9 Å². The Morgan fingerprint density at radius 3 is 2.71 bits per heavy atom. The minimum atomic E-state index is -0.207. The van der Waals surface area contributed by atoms with E-state index in [1.54, 1.807) is 0 Å². The van der Waals surface area contributed by atoms with E-state index >= 15 is 0 Å². The number of anilines is 2. The van der Waals surface area contributed by atoms with Crippen LogP contribution in [0.15, 0.2) is 36.5 Å². The van der Waals surface area contributed by atoms with Crippen LogP contribution in [0.4, 0.5) is 11.5 Å². The fourth-order valence-corrected chi connectivity index (χ4v) is 4.65. The van der Waals surface area contributed by atoms with Gasteiger partial charge in [-0.1, -0.05) is 12.1 Å². The van der Waals surface area contributed by atoms with Gasteiger partial charge in [0.2, 0.25) is 0 Å². The second kappa shape index (κ2) is 8.90. The highest BCUT2D eigenvalue weighted by atomic mass is 16.1. The van der Waals surface area contributed by atoms with Crippen LogP contribution in [0, 0.1) is 27.7 Å². The molecule has 0 aliphatic carbocycles. The number of aryl methyl sites for hydroxylation is 4. The number of benzene rings is 1. The van der Waals surface area contributed by atoms with Crippen LogP contribution in [0.1, 0.15) is 55.6 Å². The van der Waals surface area contributed by atoms with Crippen LogP contribution in [0.25, 0.3) is 0 Å². The van der Waals surface area contributed by atoms with Crippen LogP contribution in [0.3, 0.4) is 0 Å². The molecule has 0 atom stereocenters. The Balaban J connectivity index is 1.29. The SMILES string of the molecule is Cc1cc(C)n(Cc2ccc3c(c2)NCc2nc(C(=O)NCc4c(C)cc(N)nc4C)cn2C3)n1. The lowest BCUT2D eigenvalue weighted by Gasteiger charge is -2.12. The van der Waals surface area contributed by atoms with Crippen molar-refractivity contribution in [3.05, 3.63) is 87.4 Å². The number of fused-ring (bicyclic) bond motifs is 2. The molecular weight excluding hydrogens is 440 g/mol. The van der Waals surface area contributed by atoms with Gasteiger partial charge in [-0.15, -0.1) is 0 Å². The number of hydrogen-bond donors (Lipinski definition) is 3. The predicted octanol–water partition coefficient (Wildman–Crippen LogP) is 3.24. The molecule has 4 N–H and O–H groups in total. The molecule has 9 nitrogen and oxygen atoms in total. The third-order valence-corrected chi connectivity index (χ3v) is 6.48. The number of nitrogens with one attached hydrogen (secondary N) is 2. The van der Waals surface area contributed by atoms with Gasteiger partial charge in [0.05, 0.1) is 25.3 Å². The molecule has 4 aromatic rings. The van der Waals surface area contributed by atoms with E-state index in [-0.39, 0.29) is 5.91 Å². The lowest BCUT2D eigenvalue weighted by molar-refractivity contribution is 0.0946. The first-order valence-electron chi connectivity index (χ1n) is 11.7. The van der Waals surface area contributed by atoms with Crippen molar-refractivity contribution in [1.82, 2.24) is 29.6 Å². The highest BCUT2D eigenvalue weighted by Crippen LogP contribution is 2.25. The van der Waals surface area contributed by atoms with Gasteiger partial charge in [0.25, 0.3) is 5.91 Å². The Bertz CT molecular complexity index is 1410. The molecule has 180 valence electrons. The van der Waals surface area contributed by atoms with Crippen molar-refractivity contribution in [3.8, 4) is 0 Å². The van der Waals surface area contributed by atoms with E-state index in [0.717, 1.165) is 51.8 Å². The van der Waals surface area contributed by atoms with Crippen molar-refractivity contribution in [3.63, 3.8) is 0 Å². The highest BCUT2D eigenvalue weighted by molar-refractivity contribution is 5.92. The number of aromatic nitrogens is 5. The first-order chi connectivity index (χ1) is 16.8. The van der Waals surface area contributed by atoms with Crippen LogP contribution in [0.5, 0.6) is 0 Å². The van der Waals surface area contributed by atoms with E-state index in [9.17, 15) is 4.79 Å². The Morgan fingerprint density at radius 2 is 1.97 bits per heavy atom. The largest absolute Gasteiger partial charge is 0.384 e. The molecule has 1 aliphatic rings. The average Bonchev–Trinajstić information content (AvgIpc) is 3.29. The van der Waals surface area contributed by atoms with Gasteiger partial charge in [0.15, 0.2) is 0 Å². The molecule has 0 radical (unpaired) electrons. The summed E-state index contributed by atoms with van der Waals surface area (Å²) in [6.07, 6.45) is 1.83. The number of imidazole rings is 1. The number of nitrogens with zero attached hydrogens (tertiary/aromatic N) is 5. The zero-order valence-electron chi connectivity index (χ0n) is 20.5. The maximum atomic E-state index is 12.8. The molecule has 1 aliphatic heterocycles. The fraction of sp³-hybridized carbons (Fsp3) is 0.308.